The zero-order chi connectivity index (χ0) is 14.2. The van der Waals surface area contributed by atoms with Crippen molar-refractivity contribution in [3.63, 3.8) is 0 Å². The molecule has 0 unspecified atom stereocenters. The molecule has 3 rings (SSSR count). The average molecular weight is 324 g/mol. The van der Waals surface area contributed by atoms with Crippen LogP contribution >= 0.6 is 34.0 Å². The summed E-state index contributed by atoms with van der Waals surface area (Å²) >= 11 is 5.29. The molecular formula is C14H17N3S3. The largest absolute Gasteiger partial charge is 0.312 e. The van der Waals surface area contributed by atoms with E-state index in [-0.39, 0.29) is 5.54 Å². The number of thiophene rings is 2. The molecule has 0 saturated heterocycles. The summed E-state index contributed by atoms with van der Waals surface area (Å²) in [6, 6.07) is 4.39. The second-order valence-electron chi connectivity index (χ2n) is 5.69. The topological polar surface area (TPSA) is 37.8 Å². The Morgan fingerprint density at radius 3 is 2.75 bits per heavy atom. The maximum atomic E-state index is 4.33. The predicted molar refractivity (Wildman–Crippen MR) is 90.1 cm³/mol. The van der Waals surface area contributed by atoms with Crippen molar-refractivity contribution in [2.45, 2.75) is 32.7 Å². The van der Waals surface area contributed by atoms with Crippen LogP contribution < -0.4 is 5.32 Å². The molecule has 0 aromatic carbocycles. The number of rotatable bonds is 4. The first-order valence-corrected chi connectivity index (χ1v) is 9.07. The molecule has 0 atom stereocenters. The third-order valence-corrected chi connectivity index (χ3v) is 6.06. The first kappa shape index (κ1) is 14.1. The van der Waals surface area contributed by atoms with Gasteiger partial charge in [-0.1, -0.05) is 11.3 Å². The molecule has 3 aromatic heterocycles. The maximum absolute atomic E-state index is 4.33. The summed E-state index contributed by atoms with van der Waals surface area (Å²) in [5.41, 5.74) is 0.158. The smallest absolute Gasteiger partial charge is 0.157 e. The lowest BCUT2D eigenvalue weighted by Gasteiger charge is -2.19. The summed E-state index contributed by atoms with van der Waals surface area (Å²) in [6.07, 6.45) is 0.939. The van der Waals surface area contributed by atoms with E-state index in [1.807, 2.05) is 0 Å². The van der Waals surface area contributed by atoms with E-state index in [0.717, 1.165) is 23.0 Å². The second-order valence-corrected chi connectivity index (χ2v) is 8.78. The van der Waals surface area contributed by atoms with Gasteiger partial charge < -0.3 is 5.32 Å². The zero-order valence-electron chi connectivity index (χ0n) is 11.8. The number of nitrogens with zero attached hydrogens (tertiary/aromatic N) is 2. The van der Waals surface area contributed by atoms with E-state index in [2.05, 4.69) is 53.8 Å². The molecular weight excluding hydrogens is 306 g/mol. The summed E-state index contributed by atoms with van der Waals surface area (Å²) < 4.78 is 2.69. The maximum Gasteiger partial charge on any atom is 0.157 e. The number of nitrogens with one attached hydrogen (secondary N) is 1. The minimum atomic E-state index is 0.158. The van der Waals surface area contributed by atoms with Crippen LogP contribution in [-0.4, -0.2) is 22.3 Å². The summed E-state index contributed by atoms with van der Waals surface area (Å²) in [7, 11) is 0. The Bertz CT molecular complexity index is 674. The van der Waals surface area contributed by atoms with Crippen molar-refractivity contribution in [2.24, 2.45) is 0 Å². The van der Waals surface area contributed by atoms with Crippen molar-refractivity contribution in [1.29, 1.82) is 0 Å². The lowest BCUT2D eigenvalue weighted by molar-refractivity contribution is 0.429. The molecule has 0 radical (unpaired) electrons. The van der Waals surface area contributed by atoms with E-state index >= 15 is 0 Å². The third-order valence-electron chi connectivity index (χ3n) is 2.81. The van der Waals surface area contributed by atoms with Gasteiger partial charge in [0.05, 0.1) is 4.88 Å². The monoisotopic (exact) mass is 323 g/mol. The van der Waals surface area contributed by atoms with E-state index in [1.54, 1.807) is 34.0 Å². The fourth-order valence-electron chi connectivity index (χ4n) is 1.87. The molecule has 0 aliphatic carbocycles. The third kappa shape index (κ3) is 3.25. The Labute approximate surface area is 130 Å². The summed E-state index contributed by atoms with van der Waals surface area (Å²) in [4.78, 5) is 1.24. The molecule has 3 nitrogen and oxygen atoms in total. The Morgan fingerprint density at radius 2 is 2.00 bits per heavy atom. The van der Waals surface area contributed by atoms with Crippen molar-refractivity contribution in [3.05, 3.63) is 22.5 Å². The van der Waals surface area contributed by atoms with Crippen LogP contribution in [0.3, 0.4) is 0 Å². The van der Waals surface area contributed by atoms with Crippen molar-refractivity contribution in [2.75, 3.05) is 6.54 Å². The van der Waals surface area contributed by atoms with E-state index < -0.39 is 0 Å². The summed E-state index contributed by atoms with van der Waals surface area (Å²) in [6.45, 7) is 7.47. The van der Waals surface area contributed by atoms with E-state index in [4.69, 9.17) is 0 Å². The average Bonchev–Trinajstić information content (AvgIpc) is 2.99. The van der Waals surface area contributed by atoms with Crippen LogP contribution in [0.2, 0.25) is 0 Å². The van der Waals surface area contributed by atoms with Crippen LogP contribution in [0, 0.1) is 0 Å². The fraction of sp³-hybridized carbons (Fsp3) is 0.429. The van der Waals surface area contributed by atoms with Gasteiger partial charge in [0, 0.05) is 27.9 Å². The standard InChI is InChI=1S/C14H17N3S3/c1-14(2,3)15-6-4-12-16-17-13(20-12)11-8-10-9(19-11)5-7-18-10/h5,7-8,15H,4,6H2,1-3H3. The van der Waals surface area contributed by atoms with E-state index in [9.17, 15) is 0 Å². The molecule has 3 aromatic rings. The van der Waals surface area contributed by atoms with Crippen LogP contribution in [-0.2, 0) is 6.42 Å². The van der Waals surface area contributed by atoms with Crippen molar-refractivity contribution in [1.82, 2.24) is 15.5 Å². The lowest BCUT2D eigenvalue weighted by atomic mass is 10.1. The number of hydrogen-bond acceptors (Lipinski definition) is 6. The highest BCUT2D eigenvalue weighted by atomic mass is 32.1. The fourth-order valence-corrected chi connectivity index (χ4v) is 4.86. The Balaban J connectivity index is 1.69. The highest BCUT2D eigenvalue weighted by Crippen LogP contribution is 2.37. The first-order valence-electron chi connectivity index (χ1n) is 6.56. The van der Waals surface area contributed by atoms with Gasteiger partial charge in [0.1, 0.15) is 5.01 Å². The zero-order valence-corrected chi connectivity index (χ0v) is 14.2. The van der Waals surface area contributed by atoms with Gasteiger partial charge in [0.2, 0.25) is 0 Å². The van der Waals surface area contributed by atoms with Crippen molar-refractivity contribution in [3.8, 4) is 9.88 Å². The van der Waals surface area contributed by atoms with Crippen LogP contribution in [0.5, 0.6) is 0 Å². The number of fused-ring (bicyclic) bond motifs is 1. The molecule has 1 N–H and O–H groups in total. The molecule has 3 heterocycles. The van der Waals surface area contributed by atoms with Gasteiger partial charge in [-0.25, -0.2) is 0 Å². The SMILES string of the molecule is CC(C)(C)NCCc1nnc(-c2cc3sccc3s2)s1. The molecule has 20 heavy (non-hydrogen) atoms. The van der Waals surface area contributed by atoms with Crippen molar-refractivity contribution >= 4 is 43.4 Å². The number of aromatic nitrogens is 2. The van der Waals surface area contributed by atoms with Crippen LogP contribution in [0.15, 0.2) is 17.5 Å². The minimum Gasteiger partial charge on any atom is -0.312 e. The summed E-state index contributed by atoms with van der Waals surface area (Å²) in [5.74, 6) is 0. The van der Waals surface area contributed by atoms with Gasteiger partial charge in [-0.3, -0.25) is 0 Å². The van der Waals surface area contributed by atoms with E-state index in [1.165, 1.54) is 14.3 Å². The molecule has 106 valence electrons. The van der Waals surface area contributed by atoms with Gasteiger partial charge in [0.15, 0.2) is 5.01 Å². The van der Waals surface area contributed by atoms with Gasteiger partial charge in [0.25, 0.3) is 0 Å². The normalized spacial score (nSPS) is 12.3. The van der Waals surface area contributed by atoms with Gasteiger partial charge in [-0.2, -0.15) is 0 Å². The number of hydrogen-bond donors (Lipinski definition) is 1. The van der Waals surface area contributed by atoms with Gasteiger partial charge >= 0.3 is 0 Å². The van der Waals surface area contributed by atoms with Gasteiger partial charge in [-0.15, -0.1) is 32.9 Å². The summed E-state index contributed by atoms with van der Waals surface area (Å²) in [5, 5.41) is 16.4. The quantitative estimate of drug-likeness (QED) is 0.772. The second kappa shape index (κ2) is 5.52. The highest BCUT2D eigenvalue weighted by Gasteiger charge is 2.12. The van der Waals surface area contributed by atoms with Crippen LogP contribution in [0.4, 0.5) is 0 Å². The minimum absolute atomic E-state index is 0.158. The molecule has 0 amide bonds. The molecule has 0 spiro atoms. The molecule has 0 fully saturated rings. The first-order chi connectivity index (χ1) is 9.51. The Kier molecular flexibility index (Phi) is 3.90. The Morgan fingerprint density at radius 1 is 1.15 bits per heavy atom. The molecule has 0 aliphatic rings. The predicted octanol–water partition coefficient (Wildman–Crippen LogP) is 4.41. The molecule has 0 bridgehead atoms. The van der Waals surface area contributed by atoms with Crippen LogP contribution in [0.25, 0.3) is 19.3 Å². The Hall–Kier alpha value is -0.820. The highest BCUT2D eigenvalue weighted by molar-refractivity contribution is 7.30. The molecule has 0 saturated carbocycles. The molecule has 0 aliphatic heterocycles. The molecule has 6 heteroatoms. The van der Waals surface area contributed by atoms with Gasteiger partial charge in [-0.05, 0) is 38.3 Å². The van der Waals surface area contributed by atoms with Crippen molar-refractivity contribution < 1.29 is 0 Å². The lowest BCUT2D eigenvalue weighted by Crippen LogP contribution is -2.37. The van der Waals surface area contributed by atoms with Crippen LogP contribution in [0.1, 0.15) is 25.8 Å². The van der Waals surface area contributed by atoms with E-state index in [0.29, 0.717) is 0 Å².